The predicted molar refractivity (Wildman–Crippen MR) is 96.5 cm³/mol. The van der Waals surface area contributed by atoms with E-state index in [0.29, 0.717) is 18.5 Å². The Labute approximate surface area is 149 Å². The Hall–Kier alpha value is -1.91. The predicted octanol–water partition coefficient (Wildman–Crippen LogP) is 3.21. The molecular weight excluding hydrogens is 319 g/mol. The van der Waals surface area contributed by atoms with Gasteiger partial charge in [-0.15, -0.1) is 0 Å². The lowest BCUT2D eigenvalue weighted by atomic mass is 9.81. The number of hydrogen-bond acceptors (Lipinski definition) is 2. The highest BCUT2D eigenvalue weighted by atomic mass is 19.1. The maximum Gasteiger partial charge on any atom is 0.223 e. The van der Waals surface area contributed by atoms with Crippen molar-refractivity contribution in [3.8, 4) is 0 Å². The lowest BCUT2D eigenvalue weighted by Crippen LogP contribution is -2.45. The van der Waals surface area contributed by atoms with Crippen LogP contribution in [0.25, 0.3) is 0 Å². The van der Waals surface area contributed by atoms with Crippen molar-refractivity contribution in [3.63, 3.8) is 0 Å². The summed E-state index contributed by atoms with van der Waals surface area (Å²) in [7, 11) is 0. The van der Waals surface area contributed by atoms with Crippen LogP contribution in [0.3, 0.4) is 0 Å². The van der Waals surface area contributed by atoms with E-state index in [2.05, 4.69) is 10.6 Å². The first-order valence-electron chi connectivity index (χ1n) is 9.09. The minimum absolute atomic E-state index is 0.00156. The van der Waals surface area contributed by atoms with Crippen molar-refractivity contribution in [2.24, 2.45) is 11.8 Å². The summed E-state index contributed by atoms with van der Waals surface area (Å²) in [5.74, 6) is -0.167. The summed E-state index contributed by atoms with van der Waals surface area (Å²) in [5, 5.41) is 5.92. The highest BCUT2D eigenvalue weighted by Gasteiger charge is 2.31. The Balaban J connectivity index is 1.72. The highest BCUT2D eigenvalue weighted by Crippen LogP contribution is 2.29. The normalized spacial score (nSPS) is 20.8. The van der Waals surface area contributed by atoms with Gasteiger partial charge in [0.25, 0.3) is 0 Å². The molecule has 138 valence electrons. The second-order valence-corrected chi connectivity index (χ2v) is 7.92. The van der Waals surface area contributed by atoms with Gasteiger partial charge in [0, 0.05) is 23.9 Å². The maximum atomic E-state index is 13.6. The van der Waals surface area contributed by atoms with Gasteiger partial charge in [-0.05, 0) is 64.5 Å². The van der Waals surface area contributed by atoms with Gasteiger partial charge < -0.3 is 10.6 Å². The largest absolute Gasteiger partial charge is 0.356 e. The quantitative estimate of drug-likeness (QED) is 0.858. The summed E-state index contributed by atoms with van der Waals surface area (Å²) in [6, 6.07) is 6.62. The van der Waals surface area contributed by atoms with Crippen LogP contribution in [0.15, 0.2) is 24.3 Å². The Kier molecular flexibility index (Phi) is 6.57. The van der Waals surface area contributed by atoms with Crippen molar-refractivity contribution >= 4 is 11.8 Å². The summed E-state index contributed by atoms with van der Waals surface area (Å²) in [6.45, 7) is 6.35. The summed E-state index contributed by atoms with van der Waals surface area (Å²) in [5.41, 5.74) is 0.392. The minimum atomic E-state index is -0.234. The molecule has 1 aliphatic carbocycles. The van der Waals surface area contributed by atoms with Crippen molar-refractivity contribution in [3.05, 3.63) is 35.6 Å². The number of benzene rings is 1. The molecule has 0 atom stereocenters. The van der Waals surface area contributed by atoms with Gasteiger partial charge in [0.2, 0.25) is 11.8 Å². The minimum Gasteiger partial charge on any atom is -0.356 e. The molecule has 0 radical (unpaired) electrons. The summed E-state index contributed by atoms with van der Waals surface area (Å²) < 4.78 is 13.6. The molecule has 0 unspecified atom stereocenters. The van der Waals surface area contributed by atoms with E-state index in [9.17, 15) is 14.0 Å². The number of hydrogen-bond donors (Lipinski definition) is 2. The molecule has 0 spiro atoms. The van der Waals surface area contributed by atoms with Gasteiger partial charge in [-0.1, -0.05) is 18.2 Å². The van der Waals surface area contributed by atoms with E-state index in [1.54, 1.807) is 18.2 Å². The summed E-state index contributed by atoms with van der Waals surface area (Å²) in [4.78, 5) is 24.5. The molecule has 2 amide bonds. The number of halogens is 1. The molecule has 2 N–H and O–H groups in total. The fourth-order valence-electron chi connectivity index (χ4n) is 3.26. The molecule has 1 aliphatic rings. The first kappa shape index (κ1) is 19.4. The van der Waals surface area contributed by atoms with Crippen molar-refractivity contribution in [2.45, 2.75) is 58.4 Å². The van der Waals surface area contributed by atoms with E-state index in [4.69, 9.17) is 0 Å². The topological polar surface area (TPSA) is 58.2 Å². The van der Waals surface area contributed by atoms with E-state index in [1.807, 2.05) is 20.8 Å². The molecule has 0 aromatic heterocycles. The molecule has 25 heavy (non-hydrogen) atoms. The van der Waals surface area contributed by atoms with Crippen molar-refractivity contribution < 1.29 is 14.0 Å². The number of rotatable bonds is 5. The monoisotopic (exact) mass is 348 g/mol. The smallest absolute Gasteiger partial charge is 0.223 e. The van der Waals surface area contributed by atoms with Crippen LogP contribution < -0.4 is 10.6 Å². The number of nitrogens with one attached hydrogen (secondary N) is 2. The lowest BCUT2D eigenvalue weighted by Gasteiger charge is -2.30. The van der Waals surface area contributed by atoms with Gasteiger partial charge in [-0.2, -0.15) is 0 Å². The molecule has 2 rings (SSSR count). The Morgan fingerprint density at radius 1 is 1.04 bits per heavy atom. The van der Waals surface area contributed by atoms with Crippen molar-refractivity contribution in [1.82, 2.24) is 10.6 Å². The second-order valence-electron chi connectivity index (χ2n) is 7.92. The van der Waals surface area contributed by atoms with Crippen molar-refractivity contribution in [2.75, 3.05) is 6.54 Å². The van der Waals surface area contributed by atoms with Crippen molar-refractivity contribution in [1.29, 1.82) is 0 Å². The van der Waals surface area contributed by atoms with Gasteiger partial charge in [0.05, 0.1) is 0 Å². The number of carbonyl (C=O) groups is 2. The molecule has 1 aromatic rings. The zero-order valence-corrected chi connectivity index (χ0v) is 15.4. The highest BCUT2D eigenvalue weighted by molar-refractivity contribution is 5.81. The average Bonchev–Trinajstić information content (AvgIpc) is 2.55. The standard InChI is InChI=1S/C20H29FN2O2/c1-20(2,3)23-19(25)16-10-8-15(9-11-16)18(24)22-13-12-14-6-4-5-7-17(14)21/h4-7,15-16H,8-13H2,1-3H3,(H,22,24)(H,23,25). The van der Waals surface area contributed by atoms with Crippen LogP contribution in [-0.4, -0.2) is 23.9 Å². The fourth-order valence-corrected chi connectivity index (χ4v) is 3.26. The Morgan fingerprint density at radius 3 is 2.16 bits per heavy atom. The van der Waals surface area contributed by atoms with E-state index >= 15 is 0 Å². The van der Waals surface area contributed by atoms with E-state index < -0.39 is 0 Å². The summed E-state index contributed by atoms with van der Waals surface area (Å²) in [6.07, 6.45) is 3.43. The molecule has 4 nitrogen and oxygen atoms in total. The SMILES string of the molecule is CC(C)(C)NC(=O)C1CCC(C(=O)NCCc2ccccc2F)CC1. The average molecular weight is 348 g/mol. The van der Waals surface area contributed by atoms with Gasteiger partial charge in [-0.25, -0.2) is 4.39 Å². The van der Waals surface area contributed by atoms with Gasteiger partial charge in [-0.3, -0.25) is 9.59 Å². The van der Waals surface area contributed by atoms with Crippen LogP contribution in [0.5, 0.6) is 0 Å². The molecular formula is C20H29FN2O2. The van der Waals surface area contributed by atoms with Crippen LogP contribution >= 0.6 is 0 Å². The molecule has 1 fully saturated rings. The van der Waals surface area contributed by atoms with Crippen LogP contribution in [0.1, 0.15) is 52.0 Å². The zero-order chi connectivity index (χ0) is 18.4. The summed E-state index contributed by atoms with van der Waals surface area (Å²) >= 11 is 0. The second kappa shape index (κ2) is 8.45. The third-order valence-electron chi connectivity index (χ3n) is 4.62. The third kappa shape index (κ3) is 6.15. The number of carbonyl (C=O) groups excluding carboxylic acids is 2. The Morgan fingerprint density at radius 2 is 1.60 bits per heavy atom. The van der Waals surface area contributed by atoms with Crippen LogP contribution in [0.4, 0.5) is 4.39 Å². The lowest BCUT2D eigenvalue weighted by molar-refractivity contribution is -0.131. The zero-order valence-electron chi connectivity index (χ0n) is 15.4. The van der Waals surface area contributed by atoms with Gasteiger partial charge in [0.1, 0.15) is 5.82 Å². The molecule has 0 heterocycles. The molecule has 5 heteroatoms. The van der Waals surface area contributed by atoms with E-state index in [1.165, 1.54) is 6.07 Å². The first-order chi connectivity index (χ1) is 11.8. The van der Waals surface area contributed by atoms with Crippen LogP contribution in [-0.2, 0) is 16.0 Å². The van der Waals surface area contributed by atoms with Gasteiger partial charge >= 0.3 is 0 Å². The molecule has 0 saturated heterocycles. The van der Waals surface area contributed by atoms with Gasteiger partial charge in [0.15, 0.2) is 0 Å². The maximum absolute atomic E-state index is 13.6. The third-order valence-corrected chi connectivity index (χ3v) is 4.62. The van der Waals surface area contributed by atoms with E-state index in [0.717, 1.165) is 25.7 Å². The molecule has 0 bridgehead atoms. The Bertz CT molecular complexity index is 602. The molecule has 1 saturated carbocycles. The molecule has 1 aromatic carbocycles. The van der Waals surface area contributed by atoms with Crippen LogP contribution in [0, 0.1) is 17.7 Å². The first-order valence-corrected chi connectivity index (χ1v) is 9.09. The molecule has 0 aliphatic heterocycles. The van der Waals surface area contributed by atoms with E-state index in [-0.39, 0.29) is 35.0 Å². The van der Waals surface area contributed by atoms with Crippen LogP contribution in [0.2, 0.25) is 0 Å². The fraction of sp³-hybridized carbons (Fsp3) is 0.600. The number of amides is 2.